The summed E-state index contributed by atoms with van der Waals surface area (Å²) in [5, 5.41) is 20.5. The molecule has 2 aliphatic rings. The van der Waals surface area contributed by atoms with Crippen LogP contribution < -0.4 is 4.74 Å². The fraction of sp³-hybridized carbons (Fsp3) is 0.562. The zero-order valence-electron chi connectivity index (χ0n) is 11.6. The molecule has 1 aliphatic heterocycles. The van der Waals surface area contributed by atoms with Crippen molar-refractivity contribution in [3.8, 4) is 11.8 Å². The van der Waals surface area contributed by atoms with Crippen LogP contribution in [-0.4, -0.2) is 30.0 Å². The molecule has 4 nitrogen and oxygen atoms in total. The maximum absolute atomic E-state index is 10.8. The number of rotatable bonds is 3. The molecule has 1 aliphatic carbocycles. The standard InChI is InChI=1S/C16H19NO3/c1-2-19-13-8-16(18,9-13)15(10-17)7-12-5-3-4-6-14(12)20-11-15/h3-6,13,18H,2,7-9,11H2,1H3. The number of hydrogen-bond donors (Lipinski definition) is 1. The highest BCUT2D eigenvalue weighted by Gasteiger charge is 2.60. The molecule has 1 saturated carbocycles. The summed E-state index contributed by atoms with van der Waals surface area (Å²) < 4.78 is 11.2. The van der Waals surface area contributed by atoms with E-state index in [-0.39, 0.29) is 12.7 Å². The highest BCUT2D eigenvalue weighted by molar-refractivity contribution is 5.39. The third-order valence-electron chi connectivity index (χ3n) is 4.58. The van der Waals surface area contributed by atoms with Crippen LogP contribution in [0.1, 0.15) is 25.3 Å². The molecule has 20 heavy (non-hydrogen) atoms. The summed E-state index contributed by atoms with van der Waals surface area (Å²) in [5.74, 6) is 0.822. The molecule has 0 radical (unpaired) electrons. The molecule has 1 aromatic carbocycles. The van der Waals surface area contributed by atoms with Crippen LogP contribution in [0.3, 0.4) is 0 Å². The highest BCUT2D eigenvalue weighted by Crippen LogP contribution is 2.51. The Morgan fingerprint density at radius 3 is 2.90 bits per heavy atom. The molecule has 1 atom stereocenters. The van der Waals surface area contributed by atoms with Crippen molar-refractivity contribution in [3.05, 3.63) is 29.8 Å². The summed E-state index contributed by atoms with van der Waals surface area (Å²) in [6, 6.07) is 10.1. The Hall–Kier alpha value is -1.57. The van der Waals surface area contributed by atoms with E-state index in [0.29, 0.717) is 25.9 Å². The molecule has 1 fully saturated rings. The lowest BCUT2D eigenvalue weighted by Crippen LogP contribution is -2.62. The van der Waals surface area contributed by atoms with Gasteiger partial charge in [-0.1, -0.05) is 18.2 Å². The predicted octanol–water partition coefficient (Wildman–Crippen LogP) is 2.06. The van der Waals surface area contributed by atoms with Crippen LogP contribution in [-0.2, 0) is 11.2 Å². The van der Waals surface area contributed by atoms with Crippen molar-refractivity contribution in [2.24, 2.45) is 5.41 Å². The van der Waals surface area contributed by atoms with Gasteiger partial charge in [0.05, 0.1) is 17.8 Å². The van der Waals surface area contributed by atoms with E-state index < -0.39 is 11.0 Å². The number of aliphatic hydroxyl groups is 1. The van der Waals surface area contributed by atoms with E-state index in [1.165, 1.54) is 0 Å². The zero-order chi connectivity index (χ0) is 14.2. The molecule has 0 aromatic heterocycles. The minimum absolute atomic E-state index is 0.0624. The van der Waals surface area contributed by atoms with E-state index in [0.717, 1.165) is 11.3 Å². The highest BCUT2D eigenvalue weighted by atomic mass is 16.5. The second kappa shape index (κ2) is 4.76. The molecule has 4 heteroatoms. The van der Waals surface area contributed by atoms with Gasteiger partial charge >= 0.3 is 0 Å². The lowest BCUT2D eigenvalue weighted by molar-refractivity contribution is -0.195. The van der Waals surface area contributed by atoms with Gasteiger partial charge in [0.1, 0.15) is 17.8 Å². The third-order valence-corrected chi connectivity index (χ3v) is 4.58. The first-order valence-electron chi connectivity index (χ1n) is 7.08. The Labute approximate surface area is 118 Å². The minimum atomic E-state index is -1.00. The van der Waals surface area contributed by atoms with Gasteiger partial charge in [-0.25, -0.2) is 0 Å². The normalized spacial score (nSPS) is 35.4. The van der Waals surface area contributed by atoms with Crippen molar-refractivity contribution in [2.75, 3.05) is 13.2 Å². The average molecular weight is 273 g/mol. The van der Waals surface area contributed by atoms with Gasteiger partial charge < -0.3 is 14.6 Å². The average Bonchev–Trinajstić information content (AvgIpc) is 2.45. The molecule has 3 rings (SSSR count). The number of fused-ring (bicyclic) bond motifs is 1. The molecule has 1 N–H and O–H groups in total. The van der Waals surface area contributed by atoms with Crippen LogP contribution in [0.15, 0.2) is 24.3 Å². The number of ether oxygens (including phenoxy) is 2. The first-order chi connectivity index (χ1) is 9.62. The molecule has 1 heterocycles. The van der Waals surface area contributed by atoms with Crippen LogP contribution in [0, 0.1) is 16.7 Å². The lowest BCUT2D eigenvalue weighted by atomic mass is 9.58. The lowest BCUT2D eigenvalue weighted by Gasteiger charge is -2.53. The Morgan fingerprint density at radius 2 is 2.20 bits per heavy atom. The van der Waals surface area contributed by atoms with E-state index in [1.807, 2.05) is 31.2 Å². The van der Waals surface area contributed by atoms with E-state index >= 15 is 0 Å². The fourth-order valence-electron chi connectivity index (χ4n) is 3.28. The Balaban J connectivity index is 1.83. The maximum Gasteiger partial charge on any atom is 0.124 e. The Morgan fingerprint density at radius 1 is 1.45 bits per heavy atom. The first-order valence-corrected chi connectivity index (χ1v) is 7.08. The summed E-state index contributed by atoms with van der Waals surface area (Å²) in [4.78, 5) is 0. The second-order valence-corrected chi connectivity index (χ2v) is 5.78. The molecule has 0 bridgehead atoms. The van der Waals surface area contributed by atoms with E-state index in [9.17, 15) is 10.4 Å². The number of hydrogen-bond acceptors (Lipinski definition) is 4. The van der Waals surface area contributed by atoms with Crippen molar-refractivity contribution < 1.29 is 14.6 Å². The largest absolute Gasteiger partial charge is 0.492 e. The van der Waals surface area contributed by atoms with E-state index in [2.05, 4.69) is 6.07 Å². The summed E-state index contributed by atoms with van der Waals surface area (Å²) in [5.41, 5.74) is -0.877. The van der Waals surface area contributed by atoms with Crippen LogP contribution in [0.5, 0.6) is 5.75 Å². The molecule has 0 saturated heterocycles. The van der Waals surface area contributed by atoms with Gasteiger partial charge in [0.15, 0.2) is 0 Å². The van der Waals surface area contributed by atoms with Gasteiger partial charge in [-0.2, -0.15) is 5.26 Å². The predicted molar refractivity (Wildman–Crippen MR) is 73.3 cm³/mol. The second-order valence-electron chi connectivity index (χ2n) is 5.78. The van der Waals surface area contributed by atoms with Crippen LogP contribution in [0.2, 0.25) is 0 Å². The summed E-state index contributed by atoms with van der Waals surface area (Å²) in [7, 11) is 0. The van der Waals surface area contributed by atoms with Crippen molar-refractivity contribution in [3.63, 3.8) is 0 Å². The van der Waals surface area contributed by atoms with Gasteiger partial charge in [0.25, 0.3) is 0 Å². The van der Waals surface area contributed by atoms with Gasteiger partial charge in [0.2, 0.25) is 0 Å². The van der Waals surface area contributed by atoms with Crippen molar-refractivity contribution in [2.45, 2.75) is 37.9 Å². The fourth-order valence-corrected chi connectivity index (χ4v) is 3.28. The smallest absolute Gasteiger partial charge is 0.124 e. The molecule has 1 aromatic rings. The third kappa shape index (κ3) is 1.90. The monoisotopic (exact) mass is 273 g/mol. The minimum Gasteiger partial charge on any atom is -0.492 e. The van der Waals surface area contributed by atoms with Crippen molar-refractivity contribution >= 4 is 0 Å². The molecular formula is C16H19NO3. The first kappa shape index (κ1) is 13.4. The molecule has 0 amide bonds. The maximum atomic E-state index is 10.8. The number of nitriles is 1. The zero-order valence-corrected chi connectivity index (χ0v) is 11.6. The number of para-hydroxylation sites is 1. The van der Waals surface area contributed by atoms with Crippen LogP contribution in [0.25, 0.3) is 0 Å². The molecule has 1 unspecified atom stereocenters. The summed E-state index contributed by atoms with van der Waals surface area (Å²) in [6.45, 7) is 2.83. The van der Waals surface area contributed by atoms with Crippen molar-refractivity contribution in [1.82, 2.24) is 0 Å². The number of benzene rings is 1. The van der Waals surface area contributed by atoms with E-state index in [4.69, 9.17) is 9.47 Å². The van der Waals surface area contributed by atoms with Crippen LogP contribution in [0.4, 0.5) is 0 Å². The van der Waals surface area contributed by atoms with E-state index in [1.54, 1.807) is 0 Å². The van der Waals surface area contributed by atoms with Gasteiger partial charge in [-0.05, 0) is 18.6 Å². The van der Waals surface area contributed by atoms with Gasteiger partial charge in [0, 0.05) is 25.9 Å². The number of nitrogens with zero attached hydrogens (tertiary/aromatic N) is 1. The molecule has 0 spiro atoms. The SMILES string of the molecule is CCOC1CC(O)(C2(C#N)COc3ccccc3C2)C1. The Bertz CT molecular complexity index is 545. The Kier molecular flexibility index (Phi) is 3.19. The summed E-state index contributed by atoms with van der Waals surface area (Å²) in [6.07, 6.45) is 1.63. The van der Waals surface area contributed by atoms with Crippen LogP contribution >= 0.6 is 0 Å². The van der Waals surface area contributed by atoms with Gasteiger partial charge in [-0.3, -0.25) is 0 Å². The molecule has 106 valence electrons. The molecular weight excluding hydrogens is 254 g/mol. The van der Waals surface area contributed by atoms with Crippen molar-refractivity contribution in [1.29, 1.82) is 5.26 Å². The van der Waals surface area contributed by atoms with Gasteiger partial charge in [-0.15, -0.1) is 0 Å². The quantitative estimate of drug-likeness (QED) is 0.915. The topological polar surface area (TPSA) is 62.5 Å². The summed E-state index contributed by atoms with van der Waals surface area (Å²) >= 11 is 0.